The molecule has 1 aliphatic rings. The summed E-state index contributed by atoms with van der Waals surface area (Å²) in [7, 11) is 0. The lowest BCUT2D eigenvalue weighted by molar-refractivity contribution is 0.324. The first-order chi connectivity index (χ1) is 8.21. The zero-order valence-electron chi connectivity index (χ0n) is 10.3. The lowest BCUT2D eigenvalue weighted by Gasteiger charge is -2.15. The molecule has 1 fully saturated rings. The molecule has 0 bridgehead atoms. The average molecular weight is 256 g/mol. The molecule has 1 aromatic heterocycles. The molecular formula is C12H18ClN3O. The second-order valence-electron chi connectivity index (χ2n) is 4.57. The summed E-state index contributed by atoms with van der Waals surface area (Å²) in [4.78, 5) is 8.35. The van der Waals surface area contributed by atoms with Gasteiger partial charge in [0.15, 0.2) is 0 Å². The lowest BCUT2D eigenvalue weighted by Crippen LogP contribution is -2.18. The Balaban J connectivity index is 2.03. The molecule has 1 N–H and O–H groups in total. The van der Waals surface area contributed by atoms with Gasteiger partial charge in [0.1, 0.15) is 12.1 Å². The molecule has 17 heavy (non-hydrogen) atoms. The Hall–Kier alpha value is -1.03. The summed E-state index contributed by atoms with van der Waals surface area (Å²) in [6, 6.07) is 0. The monoisotopic (exact) mass is 255 g/mol. The number of rotatable bonds is 6. The maximum atomic E-state index is 5.95. The predicted molar refractivity (Wildman–Crippen MR) is 68.8 cm³/mol. The minimum atomic E-state index is 0.282. The normalized spacial score (nSPS) is 16.6. The molecule has 0 spiro atoms. The van der Waals surface area contributed by atoms with Gasteiger partial charge < -0.3 is 10.1 Å². The minimum Gasteiger partial charge on any atom is -0.478 e. The number of anilines is 1. The summed E-state index contributed by atoms with van der Waals surface area (Å²) in [5.74, 6) is 2.21. The second-order valence-corrected chi connectivity index (χ2v) is 4.84. The van der Waals surface area contributed by atoms with E-state index in [1.165, 1.54) is 19.2 Å². The predicted octanol–water partition coefficient (Wildman–Crippen LogP) is 2.61. The molecule has 5 heteroatoms. The van der Waals surface area contributed by atoms with Crippen LogP contribution in [-0.4, -0.2) is 29.0 Å². The van der Waals surface area contributed by atoms with Crippen LogP contribution in [0.25, 0.3) is 0 Å². The van der Waals surface area contributed by atoms with Crippen LogP contribution in [0, 0.1) is 12.3 Å². The van der Waals surface area contributed by atoms with Crippen LogP contribution in [0.2, 0.25) is 0 Å². The highest BCUT2D eigenvalue weighted by molar-refractivity contribution is 6.18. The molecule has 0 aromatic carbocycles. The number of ether oxygens (including phenoxy) is 1. The quantitative estimate of drug-likeness (QED) is 0.794. The Morgan fingerprint density at radius 3 is 2.82 bits per heavy atom. The van der Waals surface area contributed by atoms with Gasteiger partial charge in [-0.2, -0.15) is 0 Å². The van der Waals surface area contributed by atoms with Crippen molar-refractivity contribution in [3.8, 4) is 5.88 Å². The zero-order chi connectivity index (χ0) is 12.3. The van der Waals surface area contributed by atoms with Crippen LogP contribution in [0.15, 0.2) is 6.33 Å². The fourth-order valence-corrected chi connectivity index (χ4v) is 2.06. The van der Waals surface area contributed by atoms with E-state index in [4.69, 9.17) is 16.3 Å². The first-order valence-corrected chi connectivity index (χ1v) is 6.48. The Morgan fingerprint density at radius 2 is 2.24 bits per heavy atom. The minimum absolute atomic E-state index is 0.282. The third-order valence-corrected chi connectivity index (χ3v) is 3.76. The Bertz CT molecular complexity index is 393. The molecule has 1 aromatic rings. The van der Waals surface area contributed by atoms with Crippen LogP contribution in [0.4, 0.5) is 5.82 Å². The Kier molecular flexibility index (Phi) is 3.72. The first-order valence-electron chi connectivity index (χ1n) is 5.95. The van der Waals surface area contributed by atoms with Crippen molar-refractivity contribution in [2.45, 2.75) is 26.7 Å². The van der Waals surface area contributed by atoms with E-state index in [-0.39, 0.29) is 5.41 Å². The van der Waals surface area contributed by atoms with Crippen molar-refractivity contribution in [1.29, 1.82) is 0 Å². The fourth-order valence-electron chi connectivity index (χ4n) is 1.70. The summed E-state index contributed by atoms with van der Waals surface area (Å²) >= 11 is 5.95. The van der Waals surface area contributed by atoms with Crippen molar-refractivity contribution in [1.82, 2.24) is 9.97 Å². The molecule has 0 saturated heterocycles. The molecule has 0 amide bonds. The number of hydrogen-bond acceptors (Lipinski definition) is 4. The van der Waals surface area contributed by atoms with Crippen LogP contribution < -0.4 is 10.1 Å². The second kappa shape index (κ2) is 5.08. The van der Waals surface area contributed by atoms with E-state index in [0.717, 1.165) is 17.9 Å². The van der Waals surface area contributed by atoms with Crippen LogP contribution in [-0.2, 0) is 0 Å². The highest BCUT2D eigenvalue weighted by Crippen LogP contribution is 2.46. The molecule has 1 aliphatic carbocycles. The summed E-state index contributed by atoms with van der Waals surface area (Å²) < 4.78 is 5.43. The Labute approximate surface area is 107 Å². The number of nitrogens with one attached hydrogen (secondary N) is 1. The van der Waals surface area contributed by atoms with Crippen molar-refractivity contribution in [2.75, 3.05) is 24.3 Å². The summed E-state index contributed by atoms with van der Waals surface area (Å²) in [5.41, 5.74) is 1.24. The number of halogens is 1. The van der Waals surface area contributed by atoms with Crippen molar-refractivity contribution < 1.29 is 4.74 Å². The molecule has 0 radical (unpaired) electrons. The zero-order valence-corrected chi connectivity index (χ0v) is 11.0. The van der Waals surface area contributed by atoms with Gasteiger partial charge in [-0.05, 0) is 26.7 Å². The van der Waals surface area contributed by atoms with Gasteiger partial charge in [0.2, 0.25) is 5.88 Å². The number of alkyl halides is 1. The molecule has 0 atom stereocenters. The van der Waals surface area contributed by atoms with E-state index in [0.29, 0.717) is 18.4 Å². The number of hydrogen-bond donors (Lipinski definition) is 1. The van der Waals surface area contributed by atoms with E-state index in [1.807, 2.05) is 13.8 Å². The molecule has 2 rings (SSSR count). The first kappa shape index (κ1) is 12.4. The van der Waals surface area contributed by atoms with E-state index in [9.17, 15) is 0 Å². The van der Waals surface area contributed by atoms with Gasteiger partial charge in [0, 0.05) is 17.8 Å². The molecule has 94 valence electrons. The number of aromatic nitrogens is 2. The topological polar surface area (TPSA) is 47.0 Å². The molecule has 4 nitrogen and oxygen atoms in total. The van der Waals surface area contributed by atoms with E-state index in [2.05, 4.69) is 15.3 Å². The molecule has 0 aliphatic heterocycles. The van der Waals surface area contributed by atoms with Gasteiger partial charge >= 0.3 is 0 Å². The highest BCUT2D eigenvalue weighted by atomic mass is 35.5. The van der Waals surface area contributed by atoms with E-state index >= 15 is 0 Å². The highest BCUT2D eigenvalue weighted by Gasteiger charge is 2.41. The number of nitrogens with zero attached hydrogens (tertiary/aromatic N) is 2. The SMILES string of the molecule is CCOc1ncnc(NCC2(CCl)CC2)c1C. The average Bonchev–Trinajstić information content (AvgIpc) is 3.11. The van der Waals surface area contributed by atoms with Gasteiger partial charge in [-0.3, -0.25) is 0 Å². The van der Waals surface area contributed by atoms with Crippen molar-refractivity contribution in [2.24, 2.45) is 5.41 Å². The Morgan fingerprint density at radius 1 is 1.47 bits per heavy atom. The fraction of sp³-hybridized carbons (Fsp3) is 0.667. The van der Waals surface area contributed by atoms with Crippen molar-refractivity contribution >= 4 is 17.4 Å². The van der Waals surface area contributed by atoms with Crippen LogP contribution in [0.5, 0.6) is 5.88 Å². The summed E-state index contributed by atoms with van der Waals surface area (Å²) in [6.07, 6.45) is 3.93. The maximum absolute atomic E-state index is 5.95. The third kappa shape index (κ3) is 2.80. The van der Waals surface area contributed by atoms with Crippen LogP contribution >= 0.6 is 11.6 Å². The molecule has 1 heterocycles. The lowest BCUT2D eigenvalue weighted by atomic mass is 10.1. The van der Waals surface area contributed by atoms with Crippen molar-refractivity contribution in [3.05, 3.63) is 11.9 Å². The van der Waals surface area contributed by atoms with E-state index in [1.54, 1.807) is 0 Å². The largest absolute Gasteiger partial charge is 0.478 e. The smallest absolute Gasteiger partial charge is 0.221 e. The summed E-state index contributed by atoms with van der Waals surface area (Å²) in [5, 5.41) is 3.35. The molecular weight excluding hydrogens is 238 g/mol. The van der Waals surface area contributed by atoms with E-state index < -0.39 is 0 Å². The third-order valence-electron chi connectivity index (χ3n) is 3.19. The molecule has 0 unspecified atom stereocenters. The van der Waals surface area contributed by atoms with Gasteiger partial charge in [-0.25, -0.2) is 9.97 Å². The van der Waals surface area contributed by atoms with Crippen molar-refractivity contribution in [3.63, 3.8) is 0 Å². The van der Waals surface area contributed by atoms with Gasteiger partial charge in [-0.1, -0.05) is 0 Å². The standard InChI is InChI=1S/C12H18ClN3O/c1-3-17-11-9(2)10(15-8-16-11)14-7-12(6-13)4-5-12/h8H,3-7H2,1-2H3,(H,14,15,16). The van der Waals surface area contributed by atoms with Gasteiger partial charge in [0.05, 0.1) is 12.2 Å². The van der Waals surface area contributed by atoms with Crippen LogP contribution in [0.1, 0.15) is 25.3 Å². The summed E-state index contributed by atoms with van der Waals surface area (Å²) in [6.45, 7) is 5.40. The van der Waals surface area contributed by atoms with Crippen LogP contribution in [0.3, 0.4) is 0 Å². The maximum Gasteiger partial charge on any atom is 0.221 e. The van der Waals surface area contributed by atoms with Gasteiger partial charge in [-0.15, -0.1) is 11.6 Å². The van der Waals surface area contributed by atoms with Gasteiger partial charge in [0.25, 0.3) is 0 Å². The molecule has 1 saturated carbocycles.